The topological polar surface area (TPSA) is 252 Å². The van der Waals surface area contributed by atoms with Gasteiger partial charge in [-0.15, -0.1) is 0 Å². The Morgan fingerprint density at radius 1 is 1.00 bits per heavy atom. The fraction of sp³-hybridized carbons (Fsp3) is 0.538. The Hall–Kier alpha value is -4.34. The molecule has 11 N–H and O–H groups in total. The second-order valence-electron chi connectivity index (χ2n) is 14.4. The molecule has 53 heavy (non-hydrogen) atoms. The number of benzene rings is 1. The van der Waals surface area contributed by atoms with Gasteiger partial charge < -0.3 is 43.0 Å². The lowest BCUT2D eigenvalue weighted by molar-refractivity contribution is -0.161. The third kappa shape index (κ3) is 10.4. The number of pyridine rings is 1. The highest BCUT2D eigenvalue weighted by molar-refractivity contribution is 6.11. The van der Waals surface area contributed by atoms with E-state index in [4.69, 9.17) is 17.2 Å². The second kappa shape index (κ2) is 19.7. The maximum absolute atomic E-state index is 15.3. The van der Waals surface area contributed by atoms with Crippen molar-refractivity contribution in [3.63, 3.8) is 0 Å². The van der Waals surface area contributed by atoms with Gasteiger partial charge in [-0.1, -0.05) is 88.8 Å². The molecule has 1 unspecified atom stereocenters. The number of nitrogens with zero attached hydrogens (tertiary/aromatic N) is 2. The van der Waals surface area contributed by atoms with Crippen molar-refractivity contribution in [3.8, 4) is 0 Å². The monoisotopic (exact) mass is 732 g/mol. The van der Waals surface area contributed by atoms with E-state index in [-0.39, 0.29) is 24.0 Å². The van der Waals surface area contributed by atoms with E-state index in [2.05, 4.69) is 25.6 Å². The molecular formula is C39H56N8O6. The highest BCUT2D eigenvalue weighted by Gasteiger charge is 2.57. The summed E-state index contributed by atoms with van der Waals surface area (Å²) < 4.78 is 0. The number of hydrogen-bond acceptors (Lipinski definition) is 11. The van der Waals surface area contributed by atoms with Crippen molar-refractivity contribution in [2.75, 3.05) is 6.54 Å². The SMILES string of the molecule is CC[C@H](C)[C@H](N)C(=O)C(NC(=O)[C@@](Cc1ccccc1)(C(=O)[C@H](Cc1cnc[nH]1)NC(=O)CN)[C@@H](O)[C@H](O)[C@@H](N)CC1CCCCC1)c1ccccn1. The summed E-state index contributed by atoms with van der Waals surface area (Å²) in [6, 6.07) is 8.50. The number of aliphatic hydroxyl groups excluding tert-OH is 2. The van der Waals surface area contributed by atoms with Gasteiger partial charge in [0.2, 0.25) is 11.8 Å². The molecule has 1 fully saturated rings. The first-order valence-electron chi connectivity index (χ1n) is 18.6. The van der Waals surface area contributed by atoms with Crippen LogP contribution in [0.25, 0.3) is 0 Å². The van der Waals surface area contributed by atoms with Crippen molar-refractivity contribution in [2.24, 2.45) is 34.5 Å². The molecule has 4 rings (SSSR count). The first-order valence-corrected chi connectivity index (χ1v) is 18.6. The average Bonchev–Trinajstić information content (AvgIpc) is 3.71. The van der Waals surface area contributed by atoms with Gasteiger partial charge >= 0.3 is 0 Å². The second-order valence-corrected chi connectivity index (χ2v) is 14.4. The number of hydrogen-bond donors (Lipinski definition) is 8. The van der Waals surface area contributed by atoms with E-state index >= 15 is 9.59 Å². The first-order chi connectivity index (χ1) is 25.4. The molecular weight excluding hydrogens is 676 g/mol. The molecule has 0 saturated heterocycles. The van der Waals surface area contributed by atoms with E-state index in [9.17, 15) is 19.8 Å². The molecule has 0 spiro atoms. The van der Waals surface area contributed by atoms with Gasteiger partial charge in [0.15, 0.2) is 11.6 Å². The summed E-state index contributed by atoms with van der Waals surface area (Å²) in [5.41, 5.74) is 17.3. The van der Waals surface area contributed by atoms with E-state index in [0.29, 0.717) is 24.1 Å². The lowest BCUT2D eigenvalue weighted by atomic mass is 9.66. The van der Waals surface area contributed by atoms with Gasteiger partial charge in [0.1, 0.15) is 17.6 Å². The number of amides is 2. The molecule has 1 saturated carbocycles. The van der Waals surface area contributed by atoms with E-state index in [1.54, 1.807) is 48.5 Å². The summed E-state index contributed by atoms with van der Waals surface area (Å²) in [5.74, 6) is -3.32. The highest BCUT2D eigenvalue weighted by Crippen LogP contribution is 2.37. The summed E-state index contributed by atoms with van der Waals surface area (Å²) in [5, 5.41) is 29.8. The van der Waals surface area contributed by atoms with Crippen LogP contribution >= 0.6 is 0 Å². The van der Waals surface area contributed by atoms with E-state index in [1.165, 1.54) is 18.7 Å². The Morgan fingerprint density at radius 2 is 1.70 bits per heavy atom. The Labute approximate surface area is 311 Å². The predicted octanol–water partition coefficient (Wildman–Crippen LogP) is 1.41. The molecule has 1 aromatic carbocycles. The summed E-state index contributed by atoms with van der Waals surface area (Å²) >= 11 is 0. The molecule has 14 heteroatoms. The van der Waals surface area contributed by atoms with Crippen molar-refractivity contribution >= 4 is 23.4 Å². The average molecular weight is 733 g/mol. The molecule has 0 aliphatic heterocycles. The number of nitrogens with one attached hydrogen (secondary N) is 3. The summed E-state index contributed by atoms with van der Waals surface area (Å²) in [6.07, 6.45) is 5.78. The van der Waals surface area contributed by atoms with Gasteiger partial charge in [0.25, 0.3) is 0 Å². The zero-order valence-electron chi connectivity index (χ0n) is 30.7. The van der Waals surface area contributed by atoms with Crippen LogP contribution in [0.5, 0.6) is 0 Å². The van der Waals surface area contributed by atoms with Crippen LogP contribution in [0.4, 0.5) is 0 Å². The summed E-state index contributed by atoms with van der Waals surface area (Å²) in [6.45, 7) is 3.24. The molecule has 0 bridgehead atoms. The van der Waals surface area contributed by atoms with Gasteiger partial charge in [-0.25, -0.2) is 4.98 Å². The van der Waals surface area contributed by atoms with Crippen molar-refractivity contribution < 1.29 is 29.4 Å². The van der Waals surface area contributed by atoms with Crippen molar-refractivity contribution in [3.05, 3.63) is 84.2 Å². The lowest BCUT2D eigenvalue weighted by Gasteiger charge is -2.42. The standard InChI is InChI=1S/C39H56N8O6/c1-3-24(2)32(42)35(50)33(29-16-10-11-17-44-29)47-38(53)39(20-26-14-8-5-9-15-26,37(52)34(49)28(41)18-25-12-6-4-7-13-25)36(51)30(46-31(48)21-40)19-27-22-43-23-45-27/h5,8-11,14-17,22-25,28,30,32-34,37,49,52H,3-4,6-7,12-13,18-21,40-42H2,1-2H3,(H,43,45)(H,46,48)(H,47,53)/t24-,28-,30-,32-,33?,34+,37-,39-/m0/s1. The minimum atomic E-state index is -2.52. The number of imidazole rings is 1. The molecule has 8 atom stereocenters. The van der Waals surface area contributed by atoms with Crippen LogP contribution < -0.4 is 27.8 Å². The number of Topliss-reactive ketones (excluding diaryl/α,β-unsaturated/α-hetero) is 2. The van der Waals surface area contributed by atoms with Crippen molar-refractivity contribution in [1.82, 2.24) is 25.6 Å². The fourth-order valence-corrected chi connectivity index (χ4v) is 7.27. The maximum atomic E-state index is 15.3. The first kappa shape index (κ1) is 41.4. The predicted molar refractivity (Wildman–Crippen MR) is 200 cm³/mol. The van der Waals surface area contributed by atoms with Crippen LogP contribution in [0.2, 0.25) is 0 Å². The maximum Gasteiger partial charge on any atom is 0.237 e. The Bertz CT molecular complexity index is 1600. The van der Waals surface area contributed by atoms with Gasteiger partial charge in [0, 0.05) is 30.6 Å². The fourth-order valence-electron chi connectivity index (χ4n) is 7.27. The summed E-state index contributed by atoms with van der Waals surface area (Å²) in [4.78, 5) is 68.9. The van der Waals surface area contributed by atoms with E-state index in [1.807, 2.05) is 13.8 Å². The van der Waals surface area contributed by atoms with Gasteiger partial charge in [-0.2, -0.15) is 0 Å². The van der Waals surface area contributed by atoms with Crippen LogP contribution in [0.3, 0.4) is 0 Å². The van der Waals surface area contributed by atoms with Crippen molar-refractivity contribution in [2.45, 2.75) is 108 Å². The molecule has 288 valence electrons. The Kier molecular flexibility index (Phi) is 15.4. The zero-order chi connectivity index (χ0) is 38.5. The minimum absolute atomic E-state index is 0.160. The number of ketones is 2. The van der Waals surface area contributed by atoms with Crippen LogP contribution in [-0.2, 0) is 32.0 Å². The molecule has 0 radical (unpaired) electrons. The number of nitrogens with two attached hydrogens (primary N) is 3. The Morgan fingerprint density at radius 3 is 2.30 bits per heavy atom. The zero-order valence-corrected chi connectivity index (χ0v) is 30.7. The molecule has 2 aromatic heterocycles. The number of carbonyl (C=O) groups excluding carboxylic acids is 4. The van der Waals surface area contributed by atoms with E-state index in [0.717, 1.165) is 32.1 Å². The Balaban J connectivity index is 1.90. The number of aromatic amines is 1. The largest absolute Gasteiger partial charge is 0.389 e. The number of aliphatic hydroxyl groups is 2. The smallest absolute Gasteiger partial charge is 0.237 e. The third-order valence-corrected chi connectivity index (χ3v) is 10.7. The van der Waals surface area contributed by atoms with Gasteiger partial charge in [0.05, 0.1) is 36.8 Å². The molecule has 14 nitrogen and oxygen atoms in total. The van der Waals surface area contributed by atoms with Gasteiger partial charge in [-0.05, 0) is 42.4 Å². The number of rotatable bonds is 20. The third-order valence-electron chi connectivity index (χ3n) is 10.7. The minimum Gasteiger partial charge on any atom is -0.389 e. The lowest BCUT2D eigenvalue weighted by Crippen LogP contribution is -2.66. The molecule has 3 aromatic rings. The van der Waals surface area contributed by atoms with Crippen LogP contribution in [0.15, 0.2) is 67.3 Å². The molecule has 1 aliphatic rings. The van der Waals surface area contributed by atoms with Crippen LogP contribution in [0, 0.1) is 17.3 Å². The molecule has 2 amide bonds. The normalized spacial score (nSPS) is 18.7. The molecule has 1 aliphatic carbocycles. The van der Waals surface area contributed by atoms with Gasteiger partial charge in [-0.3, -0.25) is 24.2 Å². The summed E-state index contributed by atoms with van der Waals surface area (Å²) in [7, 11) is 0. The van der Waals surface area contributed by atoms with Crippen LogP contribution in [0.1, 0.15) is 81.8 Å². The van der Waals surface area contributed by atoms with Crippen molar-refractivity contribution in [1.29, 1.82) is 0 Å². The number of H-pyrrole nitrogens is 1. The number of carbonyl (C=O) groups is 4. The quantitative estimate of drug-likeness (QED) is 0.0771. The van der Waals surface area contributed by atoms with Crippen LogP contribution in [-0.4, -0.2) is 85.4 Å². The highest BCUT2D eigenvalue weighted by atomic mass is 16.3. The number of aromatic nitrogens is 3. The molecule has 2 heterocycles. The van der Waals surface area contributed by atoms with E-state index < -0.39 is 78.1 Å².